The average Bonchev–Trinajstić information content (AvgIpc) is 3.25. The number of carbonyl (C=O) groups is 2. The molecular weight excluding hydrogens is 314 g/mol. The maximum Gasteiger partial charge on any atom is 0.337 e. The van der Waals surface area contributed by atoms with Crippen molar-refractivity contribution in [2.45, 2.75) is 0 Å². The van der Waals surface area contributed by atoms with E-state index in [2.05, 4.69) is 20.3 Å². The molecule has 2 N–H and O–H groups in total. The van der Waals surface area contributed by atoms with Crippen molar-refractivity contribution in [1.82, 2.24) is 10.2 Å². The van der Waals surface area contributed by atoms with Crippen LogP contribution >= 0.6 is 11.3 Å². The number of anilines is 1. The third-order valence-corrected chi connectivity index (χ3v) is 4.06. The summed E-state index contributed by atoms with van der Waals surface area (Å²) >= 11 is 1.56. The van der Waals surface area contributed by atoms with E-state index in [1.54, 1.807) is 41.7 Å². The minimum Gasteiger partial charge on any atom is -0.465 e. The van der Waals surface area contributed by atoms with Crippen molar-refractivity contribution in [2.75, 3.05) is 12.4 Å². The second kappa shape index (κ2) is 6.45. The number of hydrogen-bond acceptors (Lipinski definition) is 5. The highest BCUT2D eigenvalue weighted by Crippen LogP contribution is 2.23. The third kappa shape index (κ3) is 3.29. The van der Waals surface area contributed by atoms with Gasteiger partial charge in [0.05, 0.1) is 23.2 Å². The van der Waals surface area contributed by atoms with E-state index in [0.29, 0.717) is 16.9 Å². The van der Waals surface area contributed by atoms with Gasteiger partial charge >= 0.3 is 5.97 Å². The van der Waals surface area contributed by atoms with Crippen LogP contribution in [-0.2, 0) is 4.74 Å². The predicted octanol–water partition coefficient (Wildman–Crippen LogP) is 3.18. The van der Waals surface area contributed by atoms with E-state index < -0.39 is 5.97 Å². The first-order valence-electron chi connectivity index (χ1n) is 6.76. The molecular formula is C16H13N3O3S. The number of nitrogens with zero attached hydrogens (tertiary/aromatic N) is 1. The number of benzene rings is 1. The summed E-state index contributed by atoms with van der Waals surface area (Å²) in [5.41, 5.74) is 2.09. The lowest BCUT2D eigenvalue weighted by Gasteiger charge is -2.04. The van der Waals surface area contributed by atoms with Gasteiger partial charge in [-0.15, -0.1) is 11.3 Å². The summed E-state index contributed by atoms with van der Waals surface area (Å²) in [6.45, 7) is 0. The molecule has 2 heterocycles. The molecule has 1 amide bonds. The minimum absolute atomic E-state index is 0.297. The molecule has 2 aromatic heterocycles. The number of ether oxygens (including phenoxy) is 1. The number of methoxy groups -OCH3 is 1. The Kier molecular flexibility index (Phi) is 4.20. The van der Waals surface area contributed by atoms with Crippen molar-refractivity contribution in [2.24, 2.45) is 0 Å². The molecule has 0 fully saturated rings. The molecule has 3 rings (SSSR count). The summed E-state index contributed by atoms with van der Waals surface area (Å²) in [6, 6.07) is 12.0. The Labute approximate surface area is 136 Å². The maximum absolute atomic E-state index is 12.2. The molecule has 0 spiro atoms. The Morgan fingerprint density at radius 2 is 2.00 bits per heavy atom. The second-order valence-corrected chi connectivity index (χ2v) is 5.61. The number of esters is 1. The van der Waals surface area contributed by atoms with E-state index in [0.717, 1.165) is 10.6 Å². The van der Waals surface area contributed by atoms with Gasteiger partial charge < -0.3 is 10.1 Å². The normalized spacial score (nSPS) is 10.3. The zero-order valence-corrected chi connectivity index (χ0v) is 13.0. The molecule has 0 aliphatic rings. The van der Waals surface area contributed by atoms with Gasteiger partial charge in [-0.3, -0.25) is 9.89 Å². The molecule has 0 bridgehead atoms. The van der Waals surface area contributed by atoms with Crippen molar-refractivity contribution >= 4 is 28.9 Å². The number of rotatable bonds is 4. The van der Waals surface area contributed by atoms with Crippen LogP contribution in [0, 0.1) is 0 Å². The van der Waals surface area contributed by atoms with Crippen LogP contribution in [0.2, 0.25) is 0 Å². The van der Waals surface area contributed by atoms with Gasteiger partial charge in [0.1, 0.15) is 0 Å². The molecule has 0 atom stereocenters. The summed E-state index contributed by atoms with van der Waals surface area (Å²) in [5.74, 6) is -0.745. The van der Waals surface area contributed by atoms with E-state index in [4.69, 9.17) is 0 Å². The molecule has 3 aromatic rings. The summed E-state index contributed by atoms with van der Waals surface area (Å²) in [4.78, 5) is 24.6. The van der Waals surface area contributed by atoms with Gasteiger partial charge in [0.25, 0.3) is 5.91 Å². The molecule has 0 unspecified atom stereocenters. The Balaban J connectivity index is 1.71. The van der Waals surface area contributed by atoms with E-state index in [-0.39, 0.29) is 5.91 Å². The first-order valence-corrected chi connectivity index (χ1v) is 7.64. The fourth-order valence-corrected chi connectivity index (χ4v) is 2.69. The van der Waals surface area contributed by atoms with Gasteiger partial charge in [0.15, 0.2) is 5.69 Å². The van der Waals surface area contributed by atoms with Gasteiger partial charge in [-0.25, -0.2) is 4.79 Å². The first-order chi connectivity index (χ1) is 11.2. The average molecular weight is 327 g/mol. The van der Waals surface area contributed by atoms with E-state index >= 15 is 0 Å². The molecule has 7 heteroatoms. The minimum atomic E-state index is -0.421. The summed E-state index contributed by atoms with van der Waals surface area (Å²) in [7, 11) is 1.32. The van der Waals surface area contributed by atoms with Gasteiger partial charge in [-0.05, 0) is 41.8 Å². The molecule has 0 saturated heterocycles. The van der Waals surface area contributed by atoms with E-state index in [9.17, 15) is 9.59 Å². The van der Waals surface area contributed by atoms with Crippen LogP contribution in [0.15, 0.2) is 47.8 Å². The number of nitrogens with one attached hydrogen (secondary N) is 2. The standard InChI is InChI=1S/C16H13N3O3S/c1-22-16(21)10-4-6-11(7-5-10)17-15(20)13-9-12(18-19-13)14-3-2-8-23-14/h2-9H,1H3,(H,17,20)(H,18,19). The third-order valence-electron chi connectivity index (χ3n) is 3.16. The topological polar surface area (TPSA) is 84.1 Å². The lowest BCUT2D eigenvalue weighted by molar-refractivity contribution is 0.0600. The quantitative estimate of drug-likeness (QED) is 0.721. The summed E-state index contributed by atoms with van der Waals surface area (Å²) in [5, 5.41) is 11.6. The lowest BCUT2D eigenvalue weighted by atomic mass is 10.2. The Bertz CT molecular complexity index is 823. The molecule has 6 nitrogen and oxygen atoms in total. The highest BCUT2D eigenvalue weighted by molar-refractivity contribution is 7.13. The zero-order valence-electron chi connectivity index (χ0n) is 12.2. The Morgan fingerprint density at radius 1 is 1.22 bits per heavy atom. The second-order valence-electron chi connectivity index (χ2n) is 4.67. The van der Waals surface area contributed by atoms with Crippen molar-refractivity contribution in [3.05, 3.63) is 59.1 Å². The van der Waals surface area contributed by atoms with E-state index in [1.807, 2.05) is 17.5 Å². The largest absolute Gasteiger partial charge is 0.465 e. The number of amides is 1. The van der Waals surface area contributed by atoms with Crippen LogP contribution < -0.4 is 5.32 Å². The van der Waals surface area contributed by atoms with Crippen LogP contribution in [0.25, 0.3) is 10.6 Å². The van der Waals surface area contributed by atoms with Crippen LogP contribution in [-0.4, -0.2) is 29.2 Å². The fraction of sp³-hybridized carbons (Fsp3) is 0.0625. The van der Waals surface area contributed by atoms with Gasteiger partial charge in [0, 0.05) is 5.69 Å². The Morgan fingerprint density at radius 3 is 2.65 bits per heavy atom. The van der Waals surface area contributed by atoms with Crippen LogP contribution in [0.5, 0.6) is 0 Å². The Hall–Kier alpha value is -2.93. The highest BCUT2D eigenvalue weighted by atomic mass is 32.1. The van der Waals surface area contributed by atoms with Gasteiger partial charge in [-0.2, -0.15) is 5.10 Å². The number of H-pyrrole nitrogens is 1. The molecule has 1 aromatic carbocycles. The molecule has 23 heavy (non-hydrogen) atoms. The molecule has 0 aliphatic carbocycles. The molecule has 0 aliphatic heterocycles. The monoisotopic (exact) mass is 327 g/mol. The highest BCUT2D eigenvalue weighted by Gasteiger charge is 2.12. The van der Waals surface area contributed by atoms with Crippen LogP contribution in [0.1, 0.15) is 20.8 Å². The van der Waals surface area contributed by atoms with Crippen molar-refractivity contribution in [3.8, 4) is 10.6 Å². The van der Waals surface area contributed by atoms with Crippen LogP contribution in [0.3, 0.4) is 0 Å². The van der Waals surface area contributed by atoms with Crippen molar-refractivity contribution in [1.29, 1.82) is 0 Å². The SMILES string of the molecule is COC(=O)c1ccc(NC(=O)c2cc(-c3cccs3)[nH]n2)cc1. The predicted molar refractivity (Wildman–Crippen MR) is 87.6 cm³/mol. The number of hydrogen-bond donors (Lipinski definition) is 2. The van der Waals surface area contributed by atoms with Crippen LogP contribution in [0.4, 0.5) is 5.69 Å². The number of aromatic nitrogens is 2. The molecule has 116 valence electrons. The smallest absolute Gasteiger partial charge is 0.337 e. The molecule has 0 radical (unpaired) electrons. The fourth-order valence-electron chi connectivity index (χ4n) is 2.00. The number of carbonyl (C=O) groups excluding carboxylic acids is 2. The molecule has 0 saturated carbocycles. The summed E-state index contributed by atoms with van der Waals surface area (Å²) < 4.78 is 4.63. The maximum atomic E-state index is 12.2. The van der Waals surface area contributed by atoms with Gasteiger partial charge in [-0.1, -0.05) is 6.07 Å². The summed E-state index contributed by atoms with van der Waals surface area (Å²) in [6.07, 6.45) is 0. The van der Waals surface area contributed by atoms with Crippen molar-refractivity contribution < 1.29 is 14.3 Å². The first kappa shape index (κ1) is 15.0. The zero-order chi connectivity index (χ0) is 16.2. The van der Waals surface area contributed by atoms with Gasteiger partial charge in [0.2, 0.25) is 0 Å². The number of aromatic amines is 1. The van der Waals surface area contributed by atoms with Crippen molar-refractivity contribution in [3.63, 3.8) is 0 Å². The number of thiophene rings is 1. The lowest BCUT2D eigenvalue weighted by Crippen LogP contribution is -2.12. The van der Waals surface area contributed by atoms with E-state index in [1.165, 1.54) is 7.11 Å².